The van der Waals surface area contributed by atoms with E-state index in [1.165, 1.54) is 30.6 Å². The number of methoxy groups -OCH3 is 2. The second kappa shape index (κ2) is 7.51. The number of hydrogen-bond acceptors (Lipinski definition) is 7. The maximum absolute atomic E-state index is 12.3. The van der Waals surface area contributed by atoms with Gasteiger partial charge < -0.3 is 14.8 Å². The normalized spacial score (nSPS) is 11.4. The Morgan fingerprint density at radius 2 is 1.89 bits per heavy atom. The van der Waals surface area contributed by atoms with Crippen molar-refractivity contribution in [2.45, 2.75) is 11.3 Å². The highest BCUT2D eigenvalue weighted by atomic mass is 32.2. The second-order valence-corrected chi connectivity index (χ2v) is 8.20. The maximum atomic E-state index is 12.3. The zero-order valence-electron chi connectivity index (χ0n) is 14.6. The molecular weight excluding hydrogens is 390 g/mol. The van der Waals surface area contributed by atoms with Gasteiger partial charge in [0.2, 0.25) is 15.9 Å². The molecule has 0 radical (unpaired) electrons. The fourth-order valence-electron chi connectivity index (χ4n) is 2.47. The number of thiazole rings is 1. The van der Waals surface area contributed by atoms with Crippen molar-refractivity contribution in [1.82, 2.24) is 4.98 Å². The Labute approximate surface area is 160 Å². The van der Waals surface area contributed by atoms with Crippen LogP contribution in [0.3, 0.4) is 0 Å². The van der Waals surface area contributed by atoms with Gasteiger partial charge in [-0.15, -0.1) is 0 Å². The van der Waals surface area contributed by atoms with E-state index >= 15 is 0 Å². The maximum Gasteiger partial charge on any atom is 0.238 e. The average Bonchev–Trinajstić information content (AvgIpc) is 3.01. The second-order valence-electron chi connectivity index (χ2n) is 5.61. The summed E-state index contributed by atoms with van der Waals surface area (Å²) in [5.41, 5.74) is 1.33. The van der Waals surface area contributed by atoms with E-state index in [2.05, 4.69) is 10.3 Å². The van der Waals surface area contributed by atoms with Gasteiger partial charge in [0.15, 0.2) is 16.6 Å². The molecule has 0 spiro atoms. The van der Waals surface area contributed by atoms with Crippen LogP contribution >= 0.6 is 11.3 Å². The van der Waals surface area contributed by atoms with Gasteiger partial charge in [-0.3, -0.25) is 4.79 Å². The van der Waals surface area contributed by atoms with Crippen LogP contribution in [0, 0.1) is 0 Å². The van der Waals surface area contributed by atoms with Gasteiger partial charge in [0.25, 0.3) is 0 Å². The lowest BCUT2D eigenvalue weighted by Crippen LogP contribution is -2.14. The predicted octanol–water partition coefficient (Wildman–Crippen LogP) is 2.14. The number of fused-ring (bicyclic) bond motifs is 1. The molecule has 0 atom stereocenters. The first-order valence-electron chi connectivity index (χ1n) is 7.74. The quantitative estimate of drug-likeness (QED) is 0.646. The van der Waals surface area contributed by atoms with Crippen molar-refractivity contribution in [3.05, 3.63) is 42.0 Å². The Balaban J connectivity index is 1.76. The van der Waals surface area contributed by atoms with Crippen LogP contribution in [0.2, 0.25) is 0 Å². The molecule has 10 heteroatoms. The number of rotatable bonds is 6. The van der Waals surface area contributed by atoms with Gasteiger partial charge >= 0.3 is 0 Å². The van der Waals surface area contributed by atoms with Gasteiger partial charge in [-0.1, -0.05) is 17.4 Å². The van der Waals surface area contributed by atoms with Gasteiger partial charge in [-0.25, -0.2) is 18.5 Å². The predicted molar refractivity (Wildman–Crippen MR) is 103 cm³/mol. The molecule has 2 aromatic carbocycles. The number of aromatic nitrogens is 1. The number of nitrogens with zero attached hydrogens (tertiary/aromatic N) is 1. The molecule has 3 N–H and O–H groups in total. The van der Waals surface area contributed by atoms with Crippen molar-refractivity contribution in [3.63, 3.8) is 0 Å². The molecule has 3 aromatic rings. The van der Waals surface area contributed by atoms with E-state index in [1.54, 1.807) is 31.4 Å². The minimum Gasteiger partial charge on any atom is -0.493 e. The zero-order chi connectivity index (χ0) is 19.6. The molecular formula is C17H17N3O5S2. The highest BCUT2D eigenvalue weighted by Crippen LogP contribution is 2.29. The molecule has 1 aromatic heterocycles. The van der Waals surface area contributed by atoms with Gasteiger partial charge in [0.1, 0.15) is 0 Å². The third-order valence-electron chi connectivity index (χ3n) is 3.75. The van der Waals surface area contributed by atoms with E-state index in [0.29, 0.717) is 26.8 Å². The lowest BCUT2D eigenvalue weighted by molar-refractivity contribution is -0.115. The number of ether oxygens (including phenoxy) is 2. The minimum absolute atomic E-state index is 0.00172. The van der Waals surface area contributed by atoms with Crippen molar-refractivity contribution in [2.24, 2.45) is 5.14 Å². The molecule has 0 fully saturated rings. The molecule has 0 bridgehead atoms. The van der Waals surface area contributed by atoms with Crippen molar-refractivity contribution in [1.29, 1.82) is 0 Å². The Kier molecular flexibility index (Phi) is 5.31. The van der Waals surface area contributed by atoms with E-state index in [-0.39, 0.29) is 17.2 Å². The Hall–Kier alpha value is -2.69. The van der Waals surface area contributed by atoms with Crippen LogP contribution < -0.4 is 19.9 Å². The Morgan fingerprint density at radius 3 is 2.56 bits per heavy atom. The van der Waals surface area contributed by atoms with Crippen LogP contribution in [0.15, 0.2) is 41.3 Å². The number of benzene rings is 2. The summed E-state index contributed by atoms with van der Waals surface area (Å²) in [6.45, 7) is 0. The number of hydrogen-bond donors (Lipinski definition) is 2. The number of sulfonamides is 1. The Morgan fingerprint density at radius 1 is 1.15 bits per heavy atom. The van der Waals surface area contributed by atoms with Crippen LogP contribution in [0.25, 0.3) is 10.2 Å². The van der Waals surface area contributed by atoms with Gasteiger partial charge in [0.05, 0.1) is 35.8 Å². The molecule has 1 heterocycles. The highest BCUT2D eigenvalue weighted by Gasteiger charge is 2.13. The number of nitrogens with two attached hydrogens (primary N) is 1. The van der Waals surface area contributed by atoms with E-state index in [1.807, 2.05) is 0 Å². The summed E-state index contributed by atoms with van der Waals surface area (Å²) >= 11 is 1.17. The number of carbonyl (C=O) groups excluding carboxylic acids is 1. The fraction of sp³-hybridized carbons (Fsp3) is 0.176. The topological polar surface area (TPSA) is 121 Å². The van der Waals surface area contributed by atoms with Crippen LogP contribution in [0.1, 0.15) is 5.56 Å². The van der Waals surface area contributed by atoms with Crippen molar-refractivity contribution >= 4 is 42.6 Å². The number of primary sulfonamides is 1. The number of anilines is 1. The van der Waals surface area contributed by atoms with Crippen molar-refractivity contribution in [2.75, 3.05) is 19.5 Å². The molecule has 0 saturated heterocycles. The molecule has 0 aliphatic carbocycles. The molecule has 8 nitrogen and oxygen atoms in total. The lowest BCUT2D eigenvalue weighted by atomic mass is 10.1. The summed E-state index contributed by atoms with van der Waals surface area (Å²) in [6.07, 6.45) is 0.124. The third-order valence-corrected chi connectivity index (χ3v) is 5.59. The molecule has 0 aliphatic rings. The number of amides is 1. The average molecular weight is 407 g/mol. The van der Waals surface area contributed by atoms with E-state index in [0.717, 1.165) is 5.56 Å². The standard InChI is InChI=1S/C17H17N3O5S2/c1-24-13-6-3-10(7-14(13)25-2)8-16(21)20-17-19-12-5-4-11(27(18,22)23)9-15(12)26-17/h3-7,9H,8H2,1-2H3,(H2,18,22,23)(H,19,20,21). The van der Waals surface area contributed by atoms with E-state index in [4.69, 9.17) is 14.6 Å². The smallest absolute Gasteiger partial charge is 0.238 e. The molecule has 1 amide bonds. The van der Waals surface area contributed by atoms with Gasteiger partial charge in [-0.05, 0) is 35.9 Å². The monoisotopic (exact) mass is 407 g/mol. The third kappa shape index (κ3) is 4.35. The van der Waals surface area contributed by atoms with Crippen LogP contribution in [-0.2, 0) is 21.2 Å². The SMILES string of the molecule is COc1ccc(CC(=O)Nc2nc3ccc(S(N)(=O)=O)cc3s2)cc1OC. The molecule has 0 saturated carbocycles. The number of carbonyl (C=O) groups is 1. The van der Waals surface area contributed by atoms with Gasteiger partial charge in [-0.2, -0.15) is 0 Å². The van der Waals surface area contributed by atoms with E-state index < -0.39 is 10.0 Å². The van der Waals surface area contributed by atoms with Gasteiger partial charge in [0, 0.05) is 0 Å². The molecule has 0 aliphatic heterocycles. The summed E-state index contributed by atoms with van der Waals surface area (Å²) in [7, 11) is -0.725. The molecule has 27 heavy (non-hydrogen) atoms. The van der Waals surface area contributed by atoms with E-state index in [9.17, 15) is 13.2 Å². The first-order chi connectivity index (χ1) is 12.8. The first kappa shape index (κ1) is 19.1. The summed E-state index contributed by atoms with van der Waals surface area (Å²) in [5, 5.41) is 8.23. The minimum atomic E-state index is -3.79. The highest BCUT2D eigenvalue weighted by molar-refractivity contribution is 7.89. The summed E-state index contributed by atoms with van der Waals surface area (Å²) in [4.78, 5) is 16.6. The zero-order valence-corrected chi connectivity index (χ0v) is 16.2. The van der Waals surface area contributed by atoms with Crippen LogP contribution in [0.4, 0.5) is 5.13 Å². The summed E-state index contributed by atoms with van der Waals surface area (Å²) in [5.74, 6) is 0.866. The molecule has 3 rings (SSSR count). The number of nitrogens with one attached hydrogen (secondary N) is 1. The van der Waals surface area contributed by atoms with Crippen LogP contribution in [-0.4, -0.2) is 33.5 Å². The largest absolute Gasteiger partial charge is 0.493 e. The summed E-state index contributed by atoms with van der Waals surface area (Å²) < 4.78 is 33.9. The van der Waals surface area contributed by atoms with Crippen molar-refractivity contribution in [3.8, 4) is 11.5 Å². The van der Waals surface area contributed by atoms with Crippen molar-refractivity contribution < 1.29 is 22.7 Å². The first-order valence-corrected chi connectivity index (χ1v) is 10.1. The lowest BCUT2D eigenvalue weighted by Gasteiger charge is -2.09. The fourth-order valence-corrected chi connectivity index (χ4v) is 4.01. The molecule has 142 valence electrons. The van der Waals surface area contributed by atoms with Crippen LogP contribution in [0.5, 0.6) is 11.5 Å². The Bertz CT molecular complexity index is 1110. The summed E-state index contributed by atoms with van der Waals surface area (Å²) in [6, 6.07) is 9.61. The molecule has 0 unspecified atom stereocenters.